The second-order valence-electron chi connectivity index (χ2n) is 5.35. The van der Waals surface area contributed by atoms with E-state index in [1.807, 2.05) is 68.4 Å². The van der Waals surface area contributed by atoms with Crippen molar-refractivity contribution in [3.63, 3.8) is 0 Å². The molecule has 0 aliphatic carbocycles. The molecule has 0 bridgehead atoms. The fraction of sp³-hybridized carbons (Fsp3) is 0.278. The number of hydrogen-bond donors (Lipinski definition) is 2. The molecule has 1 amide bonds. The van der Waals surface area contributed by atoms with Crippen molar-refractivity contribution in [2.45, 2.75) is 25.9 Å². The van der Waals surface area contributed by atoms with Gasteiger partial charge < -0.3 is 10.6 Å². The Labute approximate surface area is 136 Å². The fourth-order valence-corrected chi connectivity index (χ4v) is 2.36. The number of benzene rings is 2. The second kappa shape index (κ2) is 7.97. The predicted molar refractivity (Wildman–Crippen MR) is 90.9 cm³/mol. The molecule has 0 radical (unpaired) electrons. The minimum Gasteiger partial charge on any atom is -0.348 e. The van der Waals surface area contributed by atoms with Gasteiger partial charge in [-0.15, -0.1) is 0 Å². The van der Waals surface area contributed by atoms with E-state index < -0.39 is 0 Å². The number of rotatable bonds is 6. The van der Waals surface area contributed by atoms with Crippen molar-refractivity contribution in [3.8, 4) is 0 Å². The molecule has 2 aromatic carbocycles. The van der Waals surface area contributed by atoms with Crippen molar-refractivity contribution in [3.05, 3.63) is 70.7 Å². The smallest absolute Gasteiger partial charge is 0.234 e. The maximum absolute atomic E-state index is 12.0. The average Bonchev–Trinajstić information content (AvgIpc) is 2.54. The van der Waals surface area contributed by atoms with E-state index in [1.165, 1.54) is 5.56 Å². The molecule has 0 heterocycles. The number of halogens is 1. The Morgan fingerprint density at radius 2 is 1.55 bits per heavy atom. The van der Waals surface area contributed by atoms with E-state index in [4.69, 9.17) is 11.6 Å². The van der Waals surface area contributed by atoms with Gasteiger partial charge in [-0.2, -0.15) is 0 Å². The highest BCUT2D eigenvalue weighted by atomic mass is 35.5. The van der Waals surface area contributed by atoms with Crippen LogP contribution >= 0.6 is 11.6 Å². The third kappa shape index (κ3) is 4.86. The van der Waals surface area contributed by atoms with Crippen LogP contribution in [0.4, 0.5) is 0 Å². The number of hydrogen-bond acceptors (Lipinski definition) is 2. The lowest BCUT2D eigenvalue weighted by atomic mass is 10.1. The highest BCUT2D eigenvalue weighted by Gasteiger charge is 2.11. The van der Waals surface area contributed by atoms with E-state index in [2.05, 4.69) is 10.6 Å². The lowest BCUT2D eigenvalue weighted by Crippen LogP contribution is -2.36. The van der Waals surface area contributed by atoms with E-state index in [0.29, 0.717) is 5.02 Å². The standard InChI is InChI=1S/C18H21ClN2O/c1-13(15-6-4-3-5-7-15)20-12-18(22)21-14(2)16-8-10-17(19)11-9-16/h3-11,13-14,20H,12H2,1-2H3,(H,21,22)/t13-,14+/m0/s1. The summed E-state index contributed by atoms with van der Waals surface area (Å²) >= 11 is 5.87. The summed E-state index contributed by atoms with van der Waals surface area (Å²) in [6.07, 6.45) is 0. The van der Waals surface area contributed by atoms with Gasteiger partial charge in [0, 0.05) is 11.1 Å². The zero-order valence-electron chi connectivity index (χ0n) is 12.8. The summed E-state index contributed by atoms with van der Waals surface area (Å²) in [6.45, 7) is 4.29. The molecule has 4 heteroatoms. The molecule has 0 fully saturated rings. The van der Waals surface area contributed by atoms with E-state index in [0.717, 1.165) is 5.56 Å². The van der Waals surface area contributed by atoms with Crippen LogP contribution < -0.4 is 10.6 Å². The topological polar surface area (TPSA) is 41.1 Å². The zero-order valence-corrected chi connectivity index (χ0v) is 13.6. The highest BCUT2D eigenvalue weighted by molar-refractivity contribution is 6.30. The van der Waals surface area contributed by atoms with Crippen LogP contribution in [0.3, 0.4) is 0 Å². The Morgan fingerprint density at radius 1 is 0.955 bits per heavy atom. The summed E-state index contributed by atoms with van der Waals surface area (Å²) in [4.78, 5) is 12.0. The lowest BCUT2D eigenvalue weighted by molar-refractivity contribution is -0.121. The molecule has 0 unspecified atom stereocenters. The van der Waals surface area contributed by atoms with Crippen LogP contribution in [0.1, 0.15) is 37.1 Å². The van der Waals surface area contributed by atoms with Gasteiger partial charge in [0.25, 0.3) is 0 Å². The van der Waals surface area contributed by atoms with Crippen LogP contribution in [0, 0.1) is 0 Å². The molecule has 0 aliphatic heterocycles. The zero-order chi connectivity index (χ0) is 15.9. The van der Waals surface area contributed by atoms with Crippen molar-refractivity contribution in [2.75, 3.05) is 6.54 Å². The van der Waals surface area contributed by atoms with Gasteiger partial charge in [0.1, 0.15) is 0 Å². The molecule has 2 aromatic rings. The van der Waals surface area contributed by atoms with Gasteiger partial charge in [0.15, 0.2) is 0 Å². The summed E-state index contributed by atoms with van der Waals surface area (Å²) in [5.41, 5.74) is 2.20. The molecule has 0 spiro atoms. The Balaban J connectivity index is 1.81. The third-order valence-electron chi connectivity index (χ3n) is 3.62. The number of amides is 1. The third-order valence-corrected chi connectivity index (χ3v) is 3.87. The van der Waals surface area contributed by atoms with Crippen molar-refractivity contribution in [2.24, 2.45) is 0 Å². The van der Waals surface area contributed by atoms with Crippen LogP contribution in [0.2, 0.25) is 5.02 Å². The van der Waals surface area contributed by atoms with Crippen molar-refractivity contribution >= 4 is 17.5 Å². The first kappa shape index (κ1) is 16.5. The van der Waals surface area contributed by atoms with Crippen LogP contribution in [0.25, 0.3) is 0 Å². The number of carbonyl (C=O) groups is 1. The van der Waals surface area contributed by atoms with Crippen LogP contribution in [0.15, 0.2) is 54.6 Å². The summed E-state index contributed by atoms with van der Waals surface area (Å²) in [6, 6.07) is 17.7. The van der Waals surface area contributed by atoms with Gasteiger partial charge in [0.05, 0.1) is 12.6 Å². The molecule has 0 saturated heterocycles. The second-order valence-corrected chi connectivity index (χ2v) is 5.79. The monoisotopic (exact) mass is 316 g/mol. The number of nitrogens with one attached hydrogen (secondary N) is 2. The van der Waals surface area contributed by atoms with E-state index >= 15 is 0 Å². The summed E-state index contributed by atoms with van der Waals surface area (Å²) in [5.74, 6) is -0.0229. The Kier molecular flexibility index (Phi) is 5.99. The van der Waals surface area contributed by atoms with E-state index in [1.54, 1.807) is 0 Å². The quantitative estimate of drug-likeness (QED) is 0.849. The van der Waals surface area contributed by atoms with E-state index in [-0.39, 0.29) is 24.5 Å². The maximum atomic E-state index is 12.0. The van der Waals surface area contributed by atoms with Gasteiger partial charge in [-0.1, -0.05) is 54.1 Å². The highest BCUT2D eigenvalue weighted by Crippen LogP contribution is 2.16. The predicted octanol–water partition coefficient (Wildman–Crippen LogP) is 3.87. The molecule has 2 atom stereocenters. The molecule has 116 valence electrons. The molecule has 0 aliphatic rings. The summed E-state index contributed by atoms with van der Waals surface area (Å²) in [5, 5.41) is 6.90. The van der Waals surface area contributed by atoms with Crippen molar-refractivity contribution in [1.82, 2.24) is 10.6 Å². The van der Waals surface area contributed by atoms with Gasteiger partial charge in [0.2, 0.25) is 5.91 Å². The maximum Gasteiger partial charge on any atom is 0.234 e. The first-order chi connectivity index (χ1) is 10.6. The van der Waals surface area contributed by atoms with Crippen molar-refractivity contribution < 1.29 is 4.79 Å². The Morgan fingerprint density at radius 3 is 2.18 bits per heavy atom. The van der Waals surface area contributed by atoms with Gasteiger partial charge >= 0.3 is 0 Å². The fourth-order valence-electron chi connectivity index (χ4n) is 2.23. The summed E-state index contributed by atoms with van der Waals surface area (Å²) < 4.78 is 0. The minimum absolute atomic E-state index is 0.0229. The molecular formula is C18H21ClN2O. The first-order valence-corrected chi connectivity index (χ1v) is 7.77. The Bertz CT molecular complexity index is 598. The summed E-state index contributed by atoms with van der Waals surface area (Å²) in [7, 11) is 0. The number of carbonyl (C=O) groups excluding carboxylic acids is 1. The van der Waals surface area contributed by atoms with Gasteiger partial charge in [-0.25, -0.2) is 0 Å². The largest absolute Gasteiger partial charge is 0.348 e. The lowest BCUT2D eigenvalue weighted by Gasteiger charge is -2.17. The molecule has 0 aromatic heterocycles. The molecule has 22 heavy (non-hydrogen) atoms. The first-order valence-electron chi connectivity index (χ1n) is 7.39. The van der Waals surface area contributed by atoms with Gasteiger partial charge in [-0.3, -0.25) is 4.79 Å². The average molecular weight is 317 g/mol. The molecule has 2 rings (SSSR count). The Hall–Kier alpha value is -1.84. The van der Waals surface area contributed by atoms with E-state index in [9.17, 15) is 4.79 Å². The van der Waals surface area contributed by atoms with Crippen LogP contribution in [-0.4, -0.2) is 12.5 Å². The minimum atomic E-state index is -0.0430. The SMILES string of the molecule is C[C@H](NCC(=O)N[C@H](C)c1ccc(Cl)cc1)c1ccccc1. The molecule has 0 saturated carbocycles. The molecule has 2 N–H and O–H groups in total. The molecule has 3 nitrogen and oxygen atoms in total. The normalized spacial score (nSPS) is 13.4. The van der Waals surface area contributed by atoms with Gasteiger partial charge in [-0.05, 0) is 37.1 Å². The van der Waals surface area contributed by atoms with Crippen LogP contribution in [-0.2, 0) is 4.79 Å². The van der Waals surface area contributed by atoms with Crippen LogP contribution in [0.5, 0.6) is 0 Å². The van der Waals surface area contributed by atoms with Crippen molar-refractivity contribution in [1.29, 1.82) is 0 Å². The molecular weight excluding hydrogens is 296 g/mol.